The maximum absolute atomic E-state index is 13.4. The van der Waals surface area contributed by atoms with Gasteiger partial charge in [-0.1, -0.05) is 6.07 Å². The van der Waals surface area contributed by atoms with Crippen LogP contribution in [0.2, 0.25) is 0 Å². The summed E-state index contributed by atoms with van der Waals surface area (Å²) in [5, 5.41) is 10.5. The third-order valence-electron chi connectivity index (χ3n) is 3.84. The molecule has 1 aliphatic rings. The molecule has 0 atom stereocenters. The monoisotopic (exact) mass is 434 g/mol. The lowest BCUT2D eigenvalue weighted by atomic mass is 10.1. The Morgan fingerprint density at radius 2 is 1.87 bits per heavy atom. The average Bonchev–Trinajstić information content (AvgIpc) is 3.00. The quantitative estimate of drug-likeness (QED) is 0.660. The van der Waals surface area contributed by atoms with E-state index in [1.165, 1.54) is 30.3 Å². The Balaban J connectivity index is 1.97. The van der Waals surface area contributed by atoms with Gasteiger partial charge in [0, 0.05) is 0 Å². The summed E-state index contributed by atoms with van der Waals surface area (Å²) < 4.78 is 51.1. The van der Waals surface area contributed by atoms with Crippen LogP contribution in [0.3, 0.4) is 0 Å². The van der Waals surface area contributed by atoms with Gasteiger partial charge in [0.25, 0.3) is 11.1 Å². The summed E-state index contributed by atoms with van der Waals surface area (Å²) in [4.78, 5) is 23.1. The second-order valence-corrected chi connectivity index (χ2v) is 6.93. The van der Waals surface area contributed by atoms with Crippen LogP contribution in [-0.4, -0.2) is 17.8 Å². The number of hydrogen-bond acceptors (Lipinski definition) is 6. The Hall–Kier alpha value is -3.45. The van der Waals surface area contributed by atoms with E-state index >= 15 is 0 Å². The number of nitrogens with one attached hydrogen (secondary N) is 1. The van der Waals surface area contributed by atoms with Gasteiger partial charge in [-0.25, -0.2) is 0 Å². The molecule has 6 nitrogen and oxygen atoms in total. The molecule has 1 heterocycles. The van der Waals surface area contributed by atoms with Crippen molar-refractivity contribution in [1.29, 1.82) is 5.26 Å². The maximum Gasteiger partial charge on any atom is 0.420 e. The molecule has 0 saturated carbocycles. The first-order valence-electron chi connectivity index (χ1n) is 8.52. The number of halogens is 3. The largest absolute Gasteiger partial charge is 0.490 e. The second kappa shape index (κ2) is 8.51. The van der Waals surface area contributed by atoms with Crippen LogP contribution in [0.4, 0.5) is 18.0 Å². The Morgan fingerprint density at radius 3 is 2.47 bits per heavy atom. The maximum atomic E-state index is 13.4. The topological polar surface area (TPSA) is 88.4 Å². The summed E-state index contributed by atoms with van der Waals surface area (Å²) >= 11 is 0.741. The molecule has 0 unspecified atom stereocenters. The molecule has 0 aromatic heterocycles. The number of nitriles is 1. The first-order chi connectivity index (χ1) is 14.2. The standard InChI is InChI=1S/C20H13F3N2O4S/c1-2-28-16-8-11(9-17-18(26)25-19(27)30-17)3-6-15(16)29-14-5-4-12(10-24)7-13(14)20(21,22)23/h3-9H,2H2,1H3,(H,25,26,27)/b17-9+. The van der Waals surface area contributed by atoms with Crippen molar-refractivity contribution in [3.05, 3.63) is 58.0 Å². The number of carbonyl (C=O) groups excluding carboxylic acids is 2. The SMILES string of the molecule is CCOc1cc(/C=C2/SC(=O)NC2=O)ccc1Oc1ccc(C#N)cc1C(F)(F)F. The zero-order valence-electron chi connectivity index (χ0n) is 15.4. The molecule has 0 spiro atoms. The minimum absolute atomic E-state index is 0.0220. The molecule has 30 heavy (non-hydrogen) atoms. The summed E-state index contributed by atoms with van der Waals surface area (Å²) in [5.41, 5.74) is -0.745. The molecule has 2 amide bonds. The molecule has 3 rings (SSSR count). The summed E-state index contributed by atoms with van der Waals surface area (Å²) in [6.07, 6.45) is -3.27. The van der Waals surface area contributed by atoms with Crippen molar-refractivity contribution in [3.8, 4) is 23.3 Å². The van der Waals surface area contributed by atoms with E-state index < -0.39 is 28.6 Å². The number of benzene rings is 2. The molecule has 1 fully saturated rings. The van der Waals surface area contributed by atoms with E-state index in [1.807, 2.05) is 0 Å². The van der Waals surface area contributed by atoms with Crippen LogP contribution in [0, 0.1) is 11.3 Å². The van der Waals surface area contributed by atoms with E-state index in [1.54, 1.807) is 13.0 Å². The van der Waals surface area contributed by atoms with E-state index in [4.69, 9.17) is 14.7 Å². The number of ether oxygens (including phenoxy) is 2. The fourth-order valence-electron chi connectivity index (χ4n) is 2.57. The van der Waals surface area contributed by atoms with Gasteiger partial charge < -0.3 is 9.47 Å². The molecule has 1 saturated heterocycles. The van der Waals surface area contributed by atoms with Crippen molar-refractivity contribution < 1.29 is 32.2 Å². The predicted octanol–water partition coefficient (Wildman–Crippen LogP) is 5.09. The van der Waals surface area contributed by atoms with E-state index in [-0.39, 0.29) is 28.6 Å². The number of amides is 2. The lowest BCUT2D eigenvalue weighted by Gasteiger charge is -2.16. The van der Waals surface area contributed by atoms with Crippen molar-refractivity contribution >= 4 is 29.0 Å². The highest BCUT2D eigenvalue weighted by Crippen LogP contribution is 2.41. The average molecular weight is 434 g/mol. The van der Waals surface area contributed by atoms with Crippen LogP contribution in [0.25, 0.3) is 6.08 Å². The minimum atomic E-state index is -4.72. The minimum Gasteiger partial charge on any atom is -0.490 e. The second-order valence-electron chi connectivity index (χ2n) is 5.91. The van der Waals surface area contributed by atoms with Gasteiger partial charge in [0.15, 0.2) is 11.5 Å². The van der Waals surface area contributed by atoms with Crippen LogP contribution in [0.1, 0.15) is 23.6 Å². The van der Waals surface area contributed by atoms with Gasteiger partial charge in [-0.05, 0) is 60.7 Å². The normalized spacial score (nSPS) is 15.1. The number of rotatable bonds is 5. The van der Waals surface area contributed by atoms with Gasteiger partial charge in [0.05, 0.1) is 28.7 Å². The Bertz CT molecular complexity index is 1090. The molecule has 0 radical (unpaired) electrons. The number of alkyl halides is 3. The van der Waals surface area contributed by atoms with Gasteiger partial charge >= 0.3 is 6.18 Å². The van der Waals surface area contributed by atoms with Crippen molar-refractivity contribution in [3.63, 3.8) is 0 Å². The number of hydrogen-bond donors (Lipinski definition) is 1. The number of thioether (sulfide) groups is 1. The van der Waals surface area contributed by atoms with E-state index in [0.29, 0.717) is 11.6 Å². The van der Waals surface area contributed by atoms with Crippen LogP contribution in [0.5, 0.6) is 17.2 Å². The highest BCUT2D eigenvalue weighted by atomic mass is 32.2. The molecule has 10 heteroatoms. The summed E-state index contributed by atoms with van der Waals surface area (Å²) in [6.45, 7) is 1.90. The molecule has 0 bridgehead atoms. The summed E-state index contributed by atoms with van der Waals surface area (Å²) in [5.74, 6) is -0.839. The molecule has 0 aliphatic carbocycles. The van der Waals surface area contributed by atoms with Crippen molar-refractivity contribution in [2.45, 2.75) is 13.1 Å². The van der Waals surface area contributed by atoms with Crippen molar-refractivity contribution in [1.82, 2.24) is 5.32 Å². The van der Waals surface area contributed by atoms with Crippen LogP contribution in [0.15, 0.2) is 41.3 Å². The van der Waals surface area contributed by atoms with Crippen molar-refractivity contribution in [2.24, 2.45) is 0 Å². The lowest BCUT2D eigenvalue weighted by Crippen LogP contribution is -2.17. The molecule has 2 aromatic carbocycles. The summed E-state index contributed by atoms with van der Waals surface area (Å²) in [6, 6.07) is 9.06. The van der Waals surface area contributed by atoms with Gasteiger partial charge in [0.2, 0.25) is 0 Å². The van der Waals surface area contributed by atoms with Crippen LogP contribution in [-0.2, 0) is 11.0 Å². The zero-order valence-corrected chi connectivity index (χ0v) is 16.2. The molecule has 1 N–H and O–H groups in total. The molecule has 1 aliphatic heterocycles. The summed E-state index contributed by atoms with van der Waals surface area (Å²) in [7, 11) is 0. The third-order valence-corrected chi connectivity index (χ3v) is 4.65. The smallest absolute Gasteiger partial charge is 0.420 e. The Kier molecular flexibility index (Phi) is 6.03. The third kappa shape index (κ3) is 4.75. The molecule has 154 valence electrons. The lowest BCUT2D eigenvalue weighted by molar-refractivity contribution is -0.138. The van der Waals surface area contributed by atoms with Gasteiger partial charge in [-0.2, -0.15) is 18.4 Å². The first kappa shape index (κ1) is 21.3. The Labute approximate surface area is 173 Å². The fraction of sp³-hybridized carbons (Fsp3) is 0.150. The fourth-order valence-corrected chi connectivity index (χ4v) is 3.25. The molecule has 2 aromatic rings. The number of imide groups is 1. The van der Waals surface area contributed by atoms with Crippen LogP contribution >= 0.6 is 11.8 Å². The van der Waals surface area contributed by atoms with E-state index in [9.17, 15) is 22.8 Å². The predicted molar refractivity (Wildman–Crippen MR) is 103 cm³/mol. The molecular formula is C20H13F3N2O4S. The molecular weight excluding hydrogens is 421 g/mol. The van der Waals surface area contributed by atoms with E-state index in [0.717, 1.165) is 17.8 Å². The number of carbonyl (C=O) groups is 2. The Morgan fingerprint density at radius 1 is 1.13 bits per heavy atom. The van der Waals surface area contributed by atoms with Crippen LogP contribution < -0.4 is 14.8 Å². The first-order valence-corrected chi connectivity index (χ1v) is 9.34. The zero-order chi connectivity index (χ0) is 21.9. The van der Waals surface area contributed by atoms with Gasteiger partial charge in [-0.3, -0.25) is 14.9 Å². The van der Waals surface area contributed by atoms with Gasteiger partial charge in [0.1, 0.15) is 5.75 Å². The van der Waals surface area contributed by atoms with E-state index in [2.05, 4.69) is 5.32 Å². The van der Waals surface area contributed by atoms with Crippen molar-refractivity contribution in [2.75, 3.05) is 6.61 Å². The number of nitrogens with zero attached hydrogens (tertiary/aromatic N) is 1. The highest BCUT2D eigenvalue weighted by molar-refractivity contribution is 8.18. The van der Waals surface area contributed by atoms with Gasteiger partial charge in [-0.15, -0.1) is 0 Å². The highest BCUT2D eigenvalue weighted by Gasteiger charge is 2.35.